The van der Waals surface area contributed by atoms with Crippen molar-refractivity contribution in [3.05, 3.63) is 97.1 Å². The maximum atomic E-state index is 11.4. The van der Waals surface area contributed by atoms with Crippen LogP contribution in [0.25, 0.3) is 45.0 Å². The fourth-order valence-corrected chi connectivity index (χ4v) is 4.95. The monoisotopic (exact) mass is 670 g/mol. The van der Waals surface area contributed by atoms with Gasteiger partial charge in [-0.2, -0.15) is 0 Å². The summed E-state index contributed by atoms with van der Waals surface area (Å²) in [6, 6.07) is 29.9. The highest BCUT2D eigenvalue weighted by Crippen LogP contribution is 2.35. The van der Waals surface area contributed by atoms with Gasteiger partial charge in [0.1, 0.15) is 34.3 Å². The lowest BCUT2D eigenvalue weighted by Gasteiger charge is -2.12. The molecule has 252 valence electrons. The molecule has 0 aliphatic rings. The quantitative estimate of drug-likeness (QED) is 0.158. The van der Waals surface area contributed by atoms with Crippen LogP contribution in [0.15, 0.2) is 97.1 Å². The van der Waals surface area contributed by atoms with Crippen molar-refractivity contribution in [2.24, 2.45) is 0 Å². The van der Waals surface area contributed by atoms with E-state index in [1.165, 1.54) is 13.8 Å². The molecule has 0 atom stereocenters. The molecule has 0 saturated carbocycles. The molecule has 2 aromatic heterocycles. The Morgan fingerprint density at radius 2 is 0.900 bits per heavy atom. The van der Waals surface area contributed by atoms with E-state index in [0.717, 1.165) is 22.3 Å². The summed E-state index contributed by atoms with van der Waals surface area (Å²) in [4.78, 5) is 31.6. The highest BCUT2D eigenvalue weighted by Gasteiger charge is 2.17. The Balaban J connectivity index is 0.000000194. The number of methoxy groups -OCH3 is 2. The zero-order valence-electron chi connectivity index (χ0n) is 27.7. The maximum absolute atomic E-state index is 11.4. The van der Waals surface area contributed by atoms with Gasteiger partial charge in [-0.3, -0.25) is 9.59 Å². The van der Waals surface area contributed by atoms with Crippen LogP contribution in [0.4, 0.5) is 23.3 Å². The third kappa shape index (κ3) is 8.30. The van der Waals surface area contributed by atoms with Crippen molar-refractivity contribution in [1.29, 1.82) is 0 Å². The van der Waals surface area contributed by atoms with Crippen molar-refractivity contribution in [3.63, 3.8) is 0 Å². The molecule has 0 fully saturated rings. The number of benzene rings is 4. The van der Waals surface area contributed by atoms with Gasteiger partial charge >= 0.3 is 0 Å². The number of anilines is 4. The van der Waals surface area contributed by atoms with Gasteiger partial charge in [0.05, 0.1) is 25.6 Å². The highest BCUT2D eigenvalue weighted by molar-refractivity contribution is 5.93. The van der Waals surface area contributed by atoms with Crippen molar-refractivity contribution < 1.29 is 19.1 Å². The number of carbonyl (C=O) groups excluding carboxylic acids is 2. The second-order valence-corrected chi connectivity index (χ2v) is 10.7. The smallest absolute Gasteiger partial charge is 0.240 e. The number of nitrogens with zero attached hydrogens (tertiary/aromatic N) is 6. The van der Waals surface area contributed by atoms with Crippen LogP contribution in [0.1, 0.15) is 13.8 Å². The maximum Gasteiger partial charge on any atom is 0.240 e. The lowest BCUT2D eigenvalue weighted by molar-refractivity contribution is -0.115. The molecular formula is C36H34N10O4. The van der Waals surface area contributed by atoms with Crippen LogP contribution in [0, 0.1) is 0 Å². The number of hydrogen-bond acceptors (Lipinski definition) is 12. The van der Waals surface area contributed by atoms with E-state index in [1.807, 2.05) is 72.8 Å². The summed E-state index contributed by atoms with van der Waals surface area (Å²) < 4.78 is 10.6. The van der Waals surface area contributed by atoms with Crippen molar-refractivity contribution in [3.8, 4) is 56.5 Å². The minimum atomic E-state index is -0.194. The summed E-state index contributed by atoms with van der Waals surface area (Å²) in [6.07, 6.45) is 0. The van der Waals surface area contributed by atoms with Gasteiger partial charge in [-0.1, -0.05) is 60.7 Å². The summed E-state index contributed by atoms with van der Waals surface area (Å²) >= 11 is 0. The lowest BCUT2D eigenvalue weighted by atomic mass is 10.0. The number of nitrogens with two attached hydrogens (primary N) is 2. The van der Waals surface area contributed by atoms with Crippen molar-refractivity contribution in [2.45, 2.75) is 13.8 Å². The largest absolute Gasteiger partial charge is 0.495 e. The Hall–Kier alpha value is -6.96. The van der Waals surface area contributed by atoms with Crippen LogP contribution in [0.3, 0.4) is 0 Å². The molecular weight excluding hydrogens is 636 g/mol. The first kappa shape index (κ1) is 34.4. The minimum Gasteiger partial charge on any atom is -0.495 e. The molecule has 6 rings (SSSR count). The molecule has 0 aliphatic carbocycles. The highest BCUT2D eigenvalue weighted by atomic mass is 16.5. The zero-order valence-corrected chi connectivity index (χ0v) is 27.7. The van der Waals surface area contributed by atoms with Crippen molar-refractivity contribution in [1.82, 2.24) is 30.4 Å². The molecule has 4 aromatic carbocycles. The molecule has 0 unspecified atom stereocenters. The molecule has 0 aliphatic heterocycles. The molecule has 2 amide bonds. The van der Waals surface area contributed by atoms with Crippen LogP contribution in [-0.2, 0) is 9.59 Å². The topological polar surface area (TPSA) is 206 Å². The number of carbonyl (C=O) groups is 2. The number of aromatic nitrogens is 6. The number of ether oxygens (including phenoxy) is 2. The van der Waals surface area contributed by atoms with Gasteiger partial charge < -0.3 is 31.6 Å². The van der Waals surface area contributed by atoms with Crippen LogP contribution >= 0.6 is 0 Å². The Labute approximate surface area is 287 Å². The first-order valence-electron chi connectivity index (χ1n) is 15.2. The Bertz CT molecular complexity index is 1980. The zero-order chi connectivity index (χ0) is 35.6. The predicted molar refractivity (Wildman–Crippen MR) is 192 cm³/mol. The fourth-order valence-electron chi connectivity index (χ4n) is 4.95. The van der Waals surface area contributed by atoms with E-state index in [2.05, 4.69) is 41.0 Å². The molecule has 0 bridgehead atoms. The number of amides is 2. The normalized spacial score (nSPS) is 10.3. The van der Waals surface area contributed by atoms with Gasteiger partial charge in [0.25, 0.3) is 0 Å². The molecule has 14 heteroatoms. The predicted octanol–water partition coefficient (Wildman–Crippen LogP) is 5.51. The summed E-state index contributed by atoms with van der Waals surface area (Å²) in [6.45, 7) is 2.87. The molecule has 0 spiro atoms. The van der Waals surface area contributed by atoms with Gasteiger partial charge in [-0.15, -0.1) is 20.4 Å². The molecule has 0 saturated heterocycles. The standard InChI is InChI=1S/2C18H17N5O2/c2*1-11(24)20-14-10-13(8-9-15(14)25-2)17-16(21-18(19)23-22-17)12-6-4-3-5-7-12/h2*3-10H,1-2H3,(H,20,24)(H2,19,21,23). The molecule has 2 heterocycles. The van der Waals surface area contributed by atoms with Gasteiger partial charge in [-0.25, -0.2) is 9.97 Å². The van der Waals surface area contributed by atoms with E-state index in [4.69, 9.17) is 20.9 Å². The summed E-state index contributed by atoms with van der Waals surface area (Å²) in [7, 11) is 3.08. The van der Waals surface area contributed by atoms with Crippen molar-refractivity contribution in [2.75, 3.05) is 36.3 Å². The Kier molecular flexibility index (Phi) is 10.8. The number of rotatable bonds is 8. The van der Waals surface area contributed by atoms with Crippen LogP contribution in [0.5, 0.6) is 11.5 Å². The summed E-state index contributed by atoms with van der Waals surface area (Å²) in [5.74, 6) is 0.907. The first-order valence-corrected chi connectivity index (χ1v) is 15.2. The molecule has 6 aromatic rings. The molecule has 0 radical (unpaired) electrons. The van der Waals surface area contributed by atoms with Crippen molar-refractivity contribution >= 4 is 35.1 Å². The molecule has 14 nitrogen and oxygen atoms in total. The Morgan fingerprint density at radius 3 is 1.24 bits per heavy atom. The minimum absolute atomic E-state index is 0.0956. The van der Waals surface area contributed by atoms with Gasteiger partial charge in [0.15, 0.2) is 0 Å². The molecule has 50 heavy (non-hydrogen) atoms. The Morgan fingerprint density at radius 1 is 0.520 bits per heavy atom. The SMILES string of the molecule is COc1ccc(-c2nnc(N)nc2-c2ccccc2)cc1NC(C)=O.COc1ccc(-c2nnc(N)nc2-c2ccccc2)cc1NC(C)=O. The first-order chi connectivity index (χ1) is 24.2. The average Bonchev–Trinajstić information content (AvgIpc) is 3.12. The van der Waals surface area contributed by atoms with E-state index in [0.29, 0.717) is 45.6 Å². The van der Waals surface area contributed by atoms with E-state index in [1.54, 1.807) is 38.5 Å². The van der Waals surface area contributed by atoms with E-state index >= 15 is 0 Å². The fraction of sp³-hybridized carbons (Fsp3) is 0.111. The van der Waals surface area contributed by atoms with Crippen LogP contribution in [0.2, 0.25) is 0 Å². The van der Waals surface area contributed by atoms with E-state index in [9.17, 15) is 9.59 Å². The van der Waals surface area contributed by atoms with Gasteiger partial charge in [-0.05, 0) is 36.4 Å². The van der Waals surface area contributed by atoms with E-state index < -0.39 is 0 Å². The third-order valence-electron chi connectivity index (χ3n) is 7.07. The van der Waals surface area contributed by atoms with Gasteiger partial charge in [0, 0.05) is 36.1 Å². The number of hydrogen-bond donors (Lipinski definition) is 4. The number of nitrogen functional groups attached to an aromatic ring is 2. The lowest BCUT2D eigenvalue weighted by Crippen LogP contribution is -2.08. The van der Waals surface area contributed by atoms with E-state index in [-0.39, 0.29) is 23.7 Å². The van der Waals surface area contributed by atoms with Crippen LogP contribution < -0.4 is 31.6 Å². The number of nitrogens with one attached hydrogen (secondary N) is 2. The summed E-state index contributed by atoms with van der Waals surface area (Å²) in [5, 5.41) is 21.7. The molecule has 6 N–H and O–H groups in total. The summed E-state index contributed by atoms with van der Waals surface area (Å²) in [5.41, 5.74) is 18.1. The second-order valence-electron chi connectivity index (χ2n) is 10.7. The third-order valence-corrected chi connectivity index (χ3v) is 7.07. The van der Waals surface area contributed by atoms with Crippen LogP contribution in [-0.4, -0.2) is 56.4 Å². The second kappa shape index (κ2) is 15.8. The average molecular weight is 671 g/mol. The van der Waals surface area contributed by atoms with Gasteiger partial charge in [0.2, 0.25) is 23.7 Å².